The van der Waals surface area contributed by atoms with Crippen LogP contribution in [-0.2, 0) is 0 Å². The Hall–Kier alpha value is -0.510. The second kappa shape index (κ2) is 5.71. The van der Waals surface area contributed by atoms with Gasteiger partial charge < -0.3 is 10.5 Å². The molecule has 0 aliphatic rings. The molecule has 0 saturated heterocycles. The van der Waals surface area contributed by atoms with Crippen molar-refractivity contribution in [2.45, 2.75) is 32.2 Å². The maximum atomic E-state index is 6.10. The van der Waals surface area contributed by atoms with E-state index in [4.69, 9.17) is 33.7 Å². The molecule has 16 heavy (non-hydrogen) atoms. The first kappa shape index (κ1) is 13.6. The number of pyridine rings is 1. The molecule has 2 N–H and O–H groups in total. The van der Waals surface area contributed by atoms with Gasteiger partial charge in [-0.1, -0.05) is 37.0 Å². The first-order chi connectivity index (χ1) is 7.50. The van der Waals surface area contributed by atoms with E-state index in [0.29, 0.717) is 22.5 Å². The van der Waals surface area contributed by atoms with Gasteiger partial charge in [0.25, 0.3) is 0 Å². The van der Waals surface area contributed by atoms with Crippen molar-refractivity contribution in [3.8, 4) is 5.88 Å². The fourth-order valence-electron chi connectivity index (χ4n) is 1.17. The van der Waals surface area contributed by atoms with Crippen LogP contribution in [-0.4, -0.2) is 17.1 Å². The van der Waals surface area contributed by atoms with Crippen molar-refractivity contribution < 1.29 is 4.74 Å². The molecule has 0 amide bonds. The van der Waals surface area contributed by atoms with Gasteiger partial charge in [0.2, 0.25) is 5.88 Å². The Balaban J connectivity index is 2.67. The number of halogens is 2. The third kappa shape index (κ3) is 3.51. The third-order valence-corrected chi connectivity index (χ3v) is 3.16. The molecule has 0 spiro atoms. The van der Waals surface area contributed by atoms with Crippen LogP contribution in [0.15, 0.2) is 12.3 Å². The van der Waals surface area contributed by atoms with Gasteiger partial charge >= 0.3 is 0 Å². The minimum absolute atomic E-state index is 0.329. The molecule has 5 heteroatoms. The molecule has 0 saturated carbocycles. The van der Waals surface area contributed by atoms with Crippen molar-refractivity contribution in [3.05, 3.63) is 22.3 Å². The number of ether oxygens (including phenoxy) is 1. The van der Waals surface area contributed by atoms with Gasteiger partial charge in [-0.15, -0.1) is 0 Å². The van der Waals surface area contributed by atoms with Gasteiger partial charge in [0, 0.05) is 11.7 Å². The van der Waals surface area contributed by atoms with Gasteiger partial charge in [-0.2, -0.15) is 0 Å². The van der Waals surface area contributed by atoms with Crippen molar-refractivity contribution in [1.29, 1.82) is 0 Å². The number of hydrogen-bond acceptors (Lipinski definition) is 3. The Labute approximate surface area is 106 Å². The van der Waals surface area contributed by atoms with Crippen LogP contribution in [0, 0.1) is 0 Å². The van der Waals surface area contributed by atoms with Crippen LogP contribution < -0.4 is 10.5 Å². The van der Waals surface area contributed by atoms with Crippen molar-refractivity contribution in [2.75, 3.05) is 6.61 Å². The SMILES string of the molecule is CCC(N)(CC)COc1ncc(Cl)cc1Cl. The summed E-state index contributed by atoms with van der Waals surface area (Å²) in [6, 6.07) is 1.60. The van der Waals surface area contributed by atoms with Crippen LogP contribution in [0.25, 0.3) is 0 Å². The summed E-state index contributed by atoms with van der Waals surface area (Å²) in [5, 5.41) is 0.893. The molecular weight excluding hydrogens is 247 g/mol. The van der Waals surface area contributed by atoms with Crippen LogP contribution in [0.4, 0.5) is 0 Å². The number of aromatic nitrogens is 1. The van der Waals surface area contributed by atoms with Gasteiger partial charge in [-0.3, -0.25) is 0 Å². The topological polar surface area (TPSA) is 48.1 Å². The first-order valence-electron chi connectivity index (χ1n) is 5.23. The second-order valence-electron chi connectivity index (χ2n) is 3.80. The lowest BCUT2D eigenvalue weighted by atomic mass is 9.96. The van der Waals surface area contributed by atoms with Crippen molar-refractivity contribution in [1.82, 2.24) is 4.98 Å². The molecule has 1 aromatic heterocycles. The highest BCUT2D eigenvalue weighted by Gasteiger charge is 2.21. The molecule has 0 aromatic carbocycles. The highest BCUT2D eigenvalue weighted by molar-refractivity contribution is 6.35. The molecule has 0 fully saturated rings. The predicted molar refractivity (Wildman–Crippen MR) is 67.3 cm³/mol. The van der Waals surface area contributed by atoms with E-state index in [1.807, 2.05) is 13.8 Å². The summed E-state index contributed by atoms with van der Waals surface area (Å²) in [5.74, 6) is 0.378. The molecule has 1 rings (SSSR count). The summed E-state index contributed by atoms with van der Waals surface area (Å²) in [5.41, 5.74) is 5.77. The highest BCUT2D eigenvalue weighted by atomic mass is 35.5. The van der Waals surface area contributed by atoms with Gasteiger partial charge in [0.05, 0.1) is 5.02 Å². The van der Waals surface area contributed by atoms with E-state index < -0.39 is 0 Å². The van der Waals surface area contributed by atoms with E-state index >= 15 is 0 Å². The molecule has 0 bridgehead atoms. The molecule has 3 nitrogen and oxygen atoms in total. The minimum atomic E-state index is -0.329. The van der Waals surface area contributed by atoms with Crippen molar-refractivity contribution in [3.63, 3.8) is 0 Å². The quantitative estimate of drug-likeness (QED) is 0.886. The van der Waals surface area contributed by atoms with E-state index in [2.05, 4.69) is 4.98 Å². The molecular formula is C11H16Cl2N2O. The Morgan fingerprint density at radius 2 is 2.00 bits per heavy atom. The molecule has 1 aromatic rings. The number of hydrogen-bond donors (Lipinski definition) is 1. The molecule has 1 heterocycles. The minimum Gasteiger partial charge on any atom is -0.475 e. The van der Waals surface area contributed by atoms with Gasteiger partial charge in [-0.25, -0.2) is 4.98 Å². The Morgan fingerprint density at radius 1 is 1.38 bits per heavy atom. The van der Waals surface area contributed by atoms with E-state index in [-0.39, 0.29) is 5.54 Å². The third-order valence-electron chi connectivity index (χ3n) is 2.68. The lowest BCUT2D eigenvalue weighted by Gasteiger charge is -2.26. The summed E-state index contributed by atoms with van der Waals surface area (Å²) in [6.45, 7) is 4.46. The van der Waals surface area contributed by atoms with Crippen LogP contribution in [0.3, 0.4) is 0 Å². The van der Waals surface area contributed by atoms with Crippen molar-refractivity contribution in [2.24, 2.45) is 5.73 Å². The van der Waals surface area contributed by atoms with Gasteiger partial charge in [0.1, 0.15) is 11.6 Å². The number of nitrogens with two attached hydrogens (primary N) is 1. The maximum absolute atomic E-state index is 6.10. The fraction of sp³-hybridized carbons (Fsp3) is 0.545. The smallest absolute Gasteiger partial charge is 0.232 e. The standard InChI is InChI=1S/C11H16Cl2N2O/c1-3-11(14,4-2)7-16-10-9(13)5-8(12)6-15-10/h5-6H,3-4,7,14H2,1-2H3. The zero-order valence-corrected chi connectivity index (χ0v) is 11.0. The molecule has 0 aliphatic carbocycles. The summed E-state index contributed by atoms with van der Waals surface area (Å²) in [6.07, 6.45) is 3.18. The summed E-state index contributed by atoms with van der Waals surface area (Å²) < 4.78 is 5.51. The normalized spacial score (nSPS) is 11.6. The lowest BCUT2D eigenvalue weighted by Crippen LogP contribution is -2.44. The Morgan fingerprint density at radius 3 is 2.50 bits per heavy atom. The molecule has 0 aliphatic heterocycles. The van der Waals surface area contributed by atoms with E-state index in [0.717, 1.165) is 12.8 Å². The van der Waals surface area contributed by atoms with Crippen LogP contribution in [0.2, 0.25) is 10.0 Å². The lowest BCUT2D eigenvalue weighted by molar-refractivity contribution is 0.201. The molecule has 90 valence electrons. The number of rotatable bonds is 5. The zero-order valence-electron chi connectivity index (χ0n) is 9.46. The van der Waals surface area contributed by atoms with Crippen LogP contribution >= 0.6 is 23.2 Å². The molecule has 0 unspecified atom stereocenters. The zero-order chi connectivity index (χ0) is 12.2. The molecule has 0 radical (unpaired) electrons. The van der Waals surface area contributed by atoms with Crippen LogP contribution in [0.5, 0.6) is 5.88 Å². The van der Waals surface area contributed by atoms with Crippen molar-refractivity contribution >= 4 is 23.2 Å². The van der Waals surface area contributed by atoms with E-state index in [1.54, 1.807) is 6.07 Å². The Kier molecular flexibility index (Phi) is 4.84. The van der Waals surface area contributed by atoms with Crippen LogP contribution in [0.1, 0.15) is 26.7 Å². The predicted octanol–water partition coefficient (Wildman–Crippen LogP) is 3.28. The largest absolute Gasteiger partial charge is 0.475 e. The molecule has 0 atom stereocenters. The average molecular weight is 263 g/mol. The average Bonchev–Trinajstić information content (AvgIpc) is 2.27. The highest BCUT2D eigenvalue weighted by Crippen LogP contribution is 2.25. The maximum Gasteiger partial charge on any atom is 0.232 e. The monoisotopic (exact) mass is 262 g/mol. The first-order valence-corrected chi connectivity index (χ1v) is 5.99. The van der Waals surface area contributed by atoms with Gasteiger partial charge in [-0.05, 0) is 18.9 Å². The van der Waals surface area contributed by atoms with Gasteiger partial charge in [0.15, 0.2) is 0 Å². The Bertz CT molecular complexity index is 354. The summed E-state index contributed by atoms with van der Waals surface area (Å²) >= 11 is 11.7. The second-order valence-corrected chi connectivity index (χ2v) is 4.64. The fourth-order valence-corrected chi connectivity index (χ4v) is 1.61. The van der Waals surface area contributed by atoms with E-state index in [9.17, 15) is 0 Å². The number of nitrogens with zero attached hydrogens (tertiary/aromatic N) is 1. The summed E-state index contributed by atoms with van der Waals surface area (Å²) in [7, 11) is 0. The van der Waals surface area contributed by atoms with E-state index in [1.165, 1.54) is 6.20 Å². The summed E-state index contributed by atoms with van der Waals surface area (Å²) in [4.78, 5) is 4.01.